The number of fused-ring (bicyclic) bond motifs is 1. The van der Waals surface area contributed by atoms with Crippen molar-refractivity contribution in [2.24, 2.45) is 5.73 Å². The molecule has 1 heterocycles. The average Bonchev–Trinajstić information content (AvgIpc) is 2.45. The molecule has 3 N–H and O–H groups in total. The average molecular weight is 261 g/mol. The molecule has 0 saturated carbocycles. The summed E-state index contributed by atoms with van der Waals surface area (Å²) < 4.78 is 0. The van der Waals surface area contributed by atoms with Crippen LogP contribution in [-0.4, -0.2) is 37.0 Å². The largest absolute Gasteiger partial charge is 0.355 e. The van der Waals surface area contributed by atoms with Gasteiger partial charge in [-0.05, 0) is 24.0 Å². The highest BCUT2D eigenvalue weighted by molar-refractivity contribution is 5.78. The number of nitrogens with zero attached hydrogens (tertiary/aromatic N) is 1. The minimum atomic E-state index is 0.0969. The fraction of sp³-hybridized carbons (Fsp3) is 0.533. The molecule has 0 aliphatic carbocycles. The lowest BCUT2D eigenvalue weighted by atomic mass is 9.92. The van der Waals surface area contributed by atoms with Crippen molar-refractivity contribution in [2.75, 3.05) is 26.2 Å². The van der Waals surface area contributed by atoms with Crippen molar-refractivity contribution in [1.29, 1.82) is 0 Å². The van der Waals surface area contributed by atoms with Gasteiger partial charge in [-0.15, -0.1) is 0 Å². The van der Waals surface area contributed by atoms with E-state index in [-0.39, 0.29) is 11.9 Å². The van der Waals surface area contributed by atoms with Crippen molar-refractivity contribution in [2.45, 2.75) is 25.8 Å². The Morgan fingerprint density at radius 1 is 1.47 bits per heavy atom. The maximum atomic E-state index is 11.9. The Hall–Kier alpha value is -1.39. The van der Waals surface area contributed by atoms with Gasteiger partial charge in [0.2, 0.25) is 5.91 Å². The van der Waals surface area contributed by atoms with Gasteiger partial charge in [0, 0.05) is 25.7 Å². The summed E-state index contributed by atoms with van der Waals surface area (Å²) in [7, 11) is 0. The summed E-state index contributed by atoms with van der Waals surface area (Å²) in [4.78, 5) is 14.0. The van der Waals surface area contributed by atoms with Crippen LogP contribution in [0.15, 0.2) is 24.3 Å². The highest BCUT2D eigenvalue weighted by Gasteiger charge is 2.27. The molecule has 1 aliphatic rings. The van der Waals surface area contributed by atoms with Crippen LogP contribution in [0.2, 0.25) is 0 Å². The Morgan fingerprint density at radius 3 is 3.00 bits per heavy atom. The number of benzene rings is 1. The van der Waals surface area contributed by atoms with Crippen molar-refractivity contribution in [3.63, 3.8) is 0 Å². The van der Waals surface area contributed by atoms with Gasteiger partial charge in [-0.3, -0.25) is 9.69 Å². The molecule has 1 unspecified atom stereocenters. The van der Waals surface area contributed by atoms with Gasteiger partial charge in [0.1, 0.15) is 0 Å². The molecule has 1 aromatic rings. The van der Waals surface area contributed by atoms with E-state index in [1.807, 2.05) is 6.07 Å². The standard InChI is InChI=1S/C15H23N3O/c1-2-8-17-15(19)11-18-9-7-12-5-3-4-6-13(12)14(18)10-16/h3-6,14H,2,7-11,16H2,1H3,(H,17,19). The zero-order valence-corrected chi connectivity index (χ0v) is 11.6. The molecule has 1 amide bonds. The first kappa shape index (κ1) is 14.0. The van der Waals surface area contributed by atoms with Crippen molar-refractivity contribution >= 4 is 5.91 Å². The van der Waals surface area contributed by atoms with Gasteiger partial charge in [0.05, 0.1) is 6.54 Å². The molecule has 0 radical (unpaired) electrons. The van der Waals surface area contributed by atoms with E-state index in [1.165, 1.54) is 11.1 Å². The van der Waals surface area contributed by atoms with Crippen LogP contribution in [0.25, 0.3) is 0 Å². The first-order valence-corrected chi connectivity index (χ1v) is 7.05. The molecule has 1 aromatic carbocycles. The zero-order valence-electron chi connectivity index (χ0n) is 11.6. The molecule has 1 aliphatic heterocycles. The van der Waals surface area contributed by atoms with Gasteiger partial charge in [-0.2, -0.15) is 0 Å². The summed E-state index contributed by atoms with van der Waals surface area (Å²) in [5, 5.41) is 2.93. The van der Waals surface area contributed by atoms with Crippen LogP contribution in [-0.2, 0) is 11.2 Å². The molecule has 0 spiro atoms. The number of rotatable bonds is 5. The first-order chi connectivity index (χ1) is 9.26. The quantitative estimate of drug-likeness (QED) is 0.833. The SMILES string of the molecule is CCCNC(=O)CN1CCc2ccccc2C1CN. The van der Waals surface area contributed by atoms with Crippen LogP contribution in [0.3, 0.4) is 0 Å². The van der Waals surface area contributed by atoms with Crippen molar-refractivity contribution < 1.29 is 4.79 Å². The molecule has 4 nitrogen and oxygen atoms in total. The summed E-state index contributed by atoms with van der Waals surface area (Å²) >= 11 is 0. The minimum Gasteiger partial charge on any atom is -0.355 e. The Labute approximate surface area is 115 Å². The van der Waals surface area contributed by atoms with Crippen molar-refractivity contribution in [1.82, 2.24) is 10.2 Å². The minimum absolute atomic E-state index is 0.0969. The fourth-order valence-corrected chi connectivity index (χ4v) is 2.67. The second-order valence-corrected chi connectivity index (χ2v) is 5.02. The summed E-state index contributed by atoms with van der Waals surface area (Å²) in [6.45, 7) is 4.70. The summed E-state index contributed by atoms with van der Waals surface area (Å²) in [5.74, 6) is 0.0969. The monoisotopic (exact) mass is 261 g/mol. The predicted molar refractivity (Wildman–Crippen MR) is 76.8 cm³/mol. The fourth-order valence-electron chi connectivity index (χ4n) is 2.67. The molecule has 104 valence electrons. The molecule has 4 heteroatoms. The van der Waals surface area contributed by atoms with Crippen LogP contribution >= 0.6 is 0 Å². The van der Waals surface area contributed by atoms with E-state index in [4.69, 9.17) is 5.73 Å². The highest BCUT2D eigenvalue weighted by Crippen LogP contribution is 2.28. The smallest absolute Gasteiger partial charge is 0.234 e. The van der Waals surface area contributed by atoms with Gasteiger partial charge in [-0.25, -0.2) is 0 Å². The normalized spacial score (nSPS) is 18.9. The van der Waals surface area contributed by atoms with E-state index in [9.17, 15) is 4.79 Å². The second-order valence-electron chi connectivity index (χ2n) is 5.02. The molecule has 1 atom stereocenters. The molecule has 0 aromatic heterocycles. The Kier molecular flexibility index (Phi) is 4.93. The lowest BCUT2D eigenvalue weighted by Crippen LogP contribution is -2.45. The molecule has 2 rings (SSSR count). The van der Waals surface area contributed by atoms with Crippen LogP contribution < -0.4 is 11.1 Å². The van der Waals surface area contributed by atoms with E-state index in [0.29, 0.717) is 13.1 Å². The summed E-state index contributed by atoms with van der Waals surface area (Å²) in [6, 6.07) is 8.56. The first-order valence-electron chi connectivity index (χ1n) is 7.05. The van der Waals surface area contributed by atoms with Gasteiger partial charge in [0.25, 0.3) is 0 Å². The number of nitrogens with one attached hydrogen (secondary N) is 1. The van der Waals surface area contributed by atoms with Gasteiger partial charge < -0.3 is 11.1 Å². The lowest BCUT2D eigenvalue weighted by Gasteiger charge is -2.36. The zero-order chi connectivity index (χ0) is 13.7. The lowest BCUT2D eigenvalue weighted by molar-refractivity contribution is -0.122. The third kappa shape index (κ3) is 3.33. The number of nitrogens with two attached hydrogens (primary N) is 1. The topological polar surface area (TPSA) is 58.4 Å². The molecule has 0 bridgehead atoms. The number of hydrogen-bond acceptors (Lipinski definition) is 3. The molecule has 0 saturated heterocycles. The van der Waals surface area contributed by atoms with E-state index >= 15 is 0 Å². The third-order valence-corrected chi connectivity index (χ3v) is 3.67. The predicted octanol–water partition coefficient (Wildman–Crippen LogP) is 1.07. The van der Waals surface area contributed by atoms with Gasteiger partial charge >= 0.3 is 0 Å². The Balaban J connectivity index is 2.05. The van der Waals surface area contributed by atoms with Crippen LogP contribution in [0.4, 0.5) is 0 Å². The van der Waals surface area contributed by atoms with Crippen LogP contribution in [0.5, 0.6) is 0 Å². The van der Waals surface area contributed by atoms with Crippen molar-refractivity contribution in [3.8, 4) is 0 Å². The van der Waals surface area contributed by atoms with E-state index < -0.39 is 0 Å². The summed E-state index contributed by atoms with van der Waals surface area (Å²) in [6.07, 6.45) is 1.96. The maximum absolute atomic E-state index is 11.9. The molecular formula is C15H23N3O. The molecular weight excluding hydrogens is 238 g/mol. The number of hydrogen-bond donors (Lipinski definition) is 2. The Bertz CT molecular complexity index is 433. The van der Waals surface area contributed by atoms with Crippen molar-refractivity contribution in [3.05, 3.63) is 35.4 Å². The van der Waals surface area contributed by atoms with E-state index in [0.717, 1.165) is 25.9 Å². The van der Waals surface area contributed by atoms with Crippen LogP contribution in [0.1, 0.15) is 30.5 Å². The highest BCUT2D eigenvalue weighted by atomic mass is 16.2. The summed E-state index contributed by atoms with van der Waals surface area (Å²) in [5.41, 5.74) is 8.55. The Morgan fingerprint density at radius 2 is 2.26 bits per heavy atom. The number of carbonyl (C=O) groups excluding carboxylic acids is 1. The third-order valence-electron chi connectivity index (χ3n) is 3.67. The molecule has 19 heavy (non-hydrogen) atoms. The van der Waals surface area contributed by atoms with Crippen LogP contribution in [0, 0.1) is 0 Å². The van der Waals surface area contributed by atoms with E-state index in [1.54, 1.807) is 0 Å². The maximum Gasteiger partial charge on any atom is 0.234 e. The second kappa shape index (κ2) is 6.68. The number of carbonyl (C=O) groups is 1. The number of amides is 1. The van der Waals surface area contributed by atoms with E-state index in [2.05, 4.69) is 35.3 Å². The molecule has 0 fully saturated rings. The van der Waals surface area contributed by atoms with Gasteiger partial charge in [-0.1, -0.05) is 31.2 Å². The van der Waals surface area contributed by atoms with Gasteiger partial charge in [0.15, 0.2) is 0 Å².